The first-order valence-corrected chi connectivity index (χ1v) is 15.8. The van der Waals surface area contributed by atoms with Gasteiger partial charge in [0.25, 0.3) is 0 Å². The highest BCUT2D eigenvalue weighted by Gasteiger charge is 2.37. The minimum absolute atomic E-state index is 0.0488. The Morgan fingerprint density at radius 2 is 1.95 bits per heavy atom. The van der Waals surface area contributed by atoms with E-state index < -0.39 is 16.1 Å². The molecule has 1 aromatic heterocycles. The number of amides is 3. The number of halogens is 1. The monoisotopic (exact) mass is 585 g/mol. The maximum absolute atomic E-state index is 13.3. The lowest BCUT2D eigenvalue weighted by atomic mass is 10.1. The summed E-state index contributed by atoms with van der Waals surface area (Å²) in [7, 11) is -2.01. The van der Waals surface area contributed by atoms with Crippen LogP contribution in [0, 0.1) is 0 Å². The number of rotatable bonds is 9. The lowest BCUT2D eigenvalue weighted by Crippen LogP contribution is -2.55. The number of nitrogens with one attached hydrogen (secondary N) is 1. The third-order valence-corrected chi connectivity index (χ3v) is 9.93. The molecule has 3 saturated heterocycles. The summed E-state index contributed by atoms with van der Waals surface area (Å²) in [5.74, 6) is -0.411. The molecule has 3 unspecified atom stereocenters. The van der Waals surface area contributed by atoms with E-state index in [4.69, 9.17) is 11.6 Å². The van der Waals surface area contributed by atoms with Gasteiger partial charge in [-0.1, -0.05) is 11.6 Å². The van der Waals surface area contributed by atoms with Gasteiger partial charge in [0, 0.05) is 69.1 Å². The molecule has 4 rings (SSSR count). The highest BCUT2D eigenvalue weighted by molar-refractivity contribution is 7.92. The van der Waals surface area contributed by atoms with Crippen molar-refractivity contribution < 1.29 is 22.8 Å². The molecule has 0 aliphatic carbocycles. The van der Waals surface area contributed by atoms with E-state index in [0.29, 0.717) is 35.1 Å². The summed E-state index contributed by atoms with van der Waals surface area (Å²) in [6.07, 6.45) is 5.19. The van der Waals surface area contributed by atoms with Crippen LogP contribution in [-0.2, 0) is 24.4 Å². The summed E-state index contributed by atoms with van der Waals surface area (Å²) in [6.45, 7) is 5.06. The highest BCUT2D eigenvalue weighted by Crippen LogP contribution is 2.24. The normalized spacial score (nSPS) is 25.0. The second kappa shape index (κ2) is 12.5. The number of piperidine rings is 1. The summed E-state index contributed by atoms with van der Waals surface area (Å²) in [4.78, 5) is 46.2. The van der Waals surface area contributed by atoms with Gasteiger partial charge >= 0.3 is 0 Å². The smallest absolute Gasteiger partial charge is 0.242 e. The first kappa shape index (κ1) is 29.0. The average molecular weight is 586 g/mol. The van der Waals surface area contributed by atoms with Crippen molar-refractivity contribution in [2.24, 2.45) is 0 Å². The van der Waals surface area contributed by atoms with Crippen LogP contribution in [0.25, 0.3) is 6.08 Å². The summed E-state index contributed by atoms with van der Waals surface area (Å²) >= 11 is 7.15. The molecule has 38 heavy (non-hydrogen) atoms. The Morgan fingerprint density at radius 1 is 1.18 bits per heavy atom. The molecule has 0 bridgehead atoms. The van der Waals surface area contributed by atoms with E-state index >= 15 is 0 Å². The van der Waals surface area contributed by atoms with Crippen molar-refractivity contribution >= 4 is 56.8 Å². The molecule has 10 nitrogen and oxygen atoms in total. The largest absolute Gasteiger partial charge is 0.342 e. The first-order chi connectivity index (χ1) is 18.0. The van der Waals surface area contributed by atoms with E-state index in [1.807, 2.05) is 11.9 Å². The van der Waals surface area contributed by atoms with Crippen LogP contribution in [0.1, 0.15) is 43.9 Å². The van der Waals surface area contributed by atoms with Crippen molar-refractivity contribution in [3.05, 3.63) is 26.8 Å². The number of hydrogen-bond acceptors (Lipinski definition) is 7. The minimum atomic E-state index is -3.85. The predicted molar refractivity (Wildman–Crippen MR) is 148 cm³/mol. The molecule has 0 radical (unpaired) electrons. The van der Waals surface area contributed by atoms with Gasteiger partial charge in [-0.15, -0.1) is 11.3 Å². The van der Waals surface area contributed by atoms with Crippen LogP contribution in [-0.4, -0.2) is 110 Å². The SMILES string of the molecule is CC(=O)N(C)C1CCN(CC2CCCN2C(=O)CN2CCCC(NS(=O)(=O)/C=C/c3ccc(Cl)s3)C2=O)C1. The van der Waals surface area contributed by atoms with Gasteiger partial charge in [0.15, 0.2) is 0 Å². The average Bonchev–Trinajstić information content (AvgIpc) is 3.61. The standard InChI is InChI=1S/C25H36ClN5O5S2/c1-18(32)28(2)19-9-13-29(15-19)16-20-5-3-12-31(20)24(33)17-30-11-4-6-22(25(30)34)27-38(35,36)14-10-21-7-8-23(26)37-21/h7-8,10,14,19-20,22,27H,3-6,9,11-13,15-17H2,1-2H3/b14-10+. The Hall–Kier alpha value is -1.99. The van der Waals surface area contributed by atoms with E-state index in [0.717, 1.165) is 44.3 Å². The topological polar surface area (TPSA) is 110 Å². The molecular formula is C25H36ClN5O5S2. The number of hydrogen-bond donors (Lipinski definition) is 1. The molecule has 0 aromatic carbocycles. The summed E-state index contributed by atoms with van der Waals surface area (Å²) < 4.78 is 28.2. The highest BCUT2D eigenvalue weighted by atomic mass is 35.5. The van der Waals surface area contributed by atoms with E-state index in [9.17, 15) is 22.8 Å². The van der Waals surface area contributed by atoms with Crippen LogP contribution >= 0.6 is 22.9 Å². The zero-order chi connectivity index (χ0) is 27.4. The molecule has 0 spiro atoms. The molecule has 3 aliphatic heterocycles. The molecule has 13 heteroatoms. The van der Waals surface area contributed by atoms with Gasteiger partial charge in [-0.05, 0) is 50.3 Å². The number of sulfonamides is 1. The lowest BCUT2D eigenvalue weighted by Gasteiger charge is -2.34. The van der Waals surface area contributed by atoms with Crippen molar-refractivity contribution in [3.63, 3.8) is 0 Å². The number of carbonyl (C=O) groups excluding carboxylic acids is 3. The first-order valence-electron chi connectivity index (χ1n) is 13.0. The van der Waals surface area contributed by atoms with Gasteiger partial charge < -0.3 is 14.7 Å². The van der Waals surface area contributed by atoms with Crippen LogP contribution in [0.3, 0.4) is 0 Å². The van der Waals surface area contributed by atoms with E-state index in [-0.39, 0.29) is 36.3 Å². The fourth-order valence-electron chi connectivity index (χ4n) is 5.48. The predicted octanol–water partition coefficient (Wildman–Crippen LogP) is 1.83. The van der Waals surface area contributed by atoms with E-state index in [1.54, 1.807) is 24.0 Å². The Morgan fingerprint density at radius 3 is 2.66 bits per heavy atom. The maximum Gasteiger partial charge on any atom is 0.242 e. The third kappa shape index (κ3) is 7.35. The zero-order valence-electron chi connectivity index (χ0n) is 21.8. The van der Waals surface area contributed by atoms with Gasteiger partial charge in [-0.2, -0.15) is 4.72 Å². The fourth-order valence-corrected chi connectivity index (χ4v) is 7.55. The van der Waals surface area contributed by atoms with Gasteiger partial charge in [-0.25, -0.2) is 8.42 Å². The molecule has 1 aromatic rings. The van der Waals surface area contributed by atoms with Gasteiger partial charge in [0.2, 0.25) is 27.7 Å². The number of nitrogens with zero attached hydrogens (tertiary/aromatic N) is 4. The fraction of sp³-hybridized carbons (Fsp3) is 0.640. The van der Waals surface area contributed by atoms with Crippen molar-refractivity contribution in [1.82, 2.24) is 24.3 Å². The molecule has 3 aliphatic rings. The van der Waals surface area contributed by atoms with Crippen LogP contribution in [0.2, 0.25) is 4.34 Å². The minimum Gasteiger partial charge on any atom is -0.342 e. The molecule has 1 N–H and O–H groups in total. The van der Waals surface area contributed by atoms with Crippen LogP contribution in [0.4, 0.5) is 0 Å². The molecule has 0 saturated carbocycles. The summed E-state index contributed by atoms with van der Waals surface area (Å²) in [5.41, 5.74) is 0. The second-order valence-corrected chi connectivity index (χ2v) is 13.6. The van der Waals surface area contributed by atoms with Crippen molar-refractivity contribution in [2.75, 3.05) is 46.3 Å². The van der Waals surface area contributed by atoms with Gasteiger partial charge in [0.05, 0.1) is 10.9 Å². The molecule has 3 amide bonds. The van der Waals surface area contributed by atoms with Crippen LogP contribution in [0.15, 0.2) is 17.5 Å². The van der Waals surface area contributed by atoms with Gasteiger partial charge in [0.1, 0.15) is 6.04 Å². The second-order valence-electron chi connectivity index (χ2n) is 10.3. The Bertz CT molecular complexity index is 1170. The molecule has 4 heterocycles. The lowest BCUT2D eigenvalue weighted by molar-refractivity contribution is -0.143. The van der Waals surface area contributed by atoms with Gasteiger partial charge in [-0.3, -0.25) is 19.3 Å². The number of thiophene rings is 1. The maximum atomic E-state index is 13.3. The zero-order valence-corrected chi connectivity index (χ0v) is 24.2. The molecule has 3 atom stereocenters. The Kier molecular flexibility index (Phi) is 9.51. The van der Waals surface area contributed by atoms with Crippen molar-refractivity contribution in [3.8, 4) is 0 Å². The van der Waals surface area contributed by atoms with E-state index in [1.165, 1.54) is 22.3 Å². The van der Waals surface area contributed by atoms with Crippen LogP contribution < -0.4 is 4.72 Å². The third-order valence-electron chi connectivity index (χ3n) is 7.63. The number of likely N-dealkylation sites (tertiary alicyclic amines) is 3. The summed E-state index contributed by atoms with van der Waals surface area (Å²) in [5, 5.41) is 1.04. The van der Waals surface area contributed by atoms with Crippen LogP contribution in [0.5, 0.6) is 0 Å². The molecule has 3 fully saturated rings. The number of carbonyl (C=O) groups is 3. The summed E-state index contributed by atoms with van der Waals surface area (Å²) in [6, 6.07) is 2.78. The quantitative estimate of drug-likeness (QED) is 0.473. The number of likely N-dealkylation sites (N-methyl/N-ethyl adjacent to an activating group) is 1. The Labute approximate surface area is 233 Å². The molecule has 210 valence electrons. The Balaban J connectivity index is 1.30. The molecular weight excluding hydrogens is 550 g/mol. The van der Waals surface area contributed by atoms with Crippen molar-refractivity contribution in [1.29, 1.82) is 0 Å². The van der Waals surface area contributed by atoms with E-state index in [2.05, 4.69) is 9.62 Å². The van der Waals surface area contributed by atoms with Crippen molar-refractivity contribution in [2.45, 2.75) is 57.2 Å².